The van der Waals surface area contributed by atoms with E-state index >= 15 is 0 Å². The minimum atomic E-state index is -0.525. The highest BCUT2D eigenvalue weighted by atomic mass is 16.3. The highest BCUT2D eigenvalue weighted by molar-refractivity contribution is 5.80. The SMILES string of the molecule is Cc1cccc(N(N)C(CC(=O)N2C3CC4CC(O)(C3)CC42)C(C)C)c1N. The first-order valence-electron chi connectivity index (χ1n) is 10.1. The molecule has 5 unspecified atom stereocenters. The van der Waals surface area contributed by atoms with E-state index in [9.17, 15) is 9.90 Å². The van der Waals surface area contributed by atoms with Gasteiger partial charge in [0, 0.05) is 18.5 Å². The maximum Gasteiger partial charge on any atom is 0.225 e. The molecular weight excluding hydrogens is 340 g/mol. The van der Waals surface area contributed by atoms with Gasteiger partial charge in [0.15, 0.2) is 0 Å². The van der Waals surface area contributed by atoms with Gasteiger partial charge in [-0.25, -0.2) is 5.84 Å². The smallest absolute Gasteiger partial charge is 0.225 e. The number of nitrogens with two attached hydrogens (primary N) is 2. The average molecular weight is 373 g/mol. The van der Waals surface area contributed by atoms with Crippen LogP contribution in [0, 0.1) is 18.8 Å². The zero-order valence-corrected chi connectivity index (χ0v) is 16.6. The molecule has 2 heterocycles. The Hall–Kier alpha value is -1.79. The van der Waals surface area contributed by atoms with Crippen LogP contribution in [0.3, 0.4) is 0 Å². The Labute approximate surface area is 161 Å². The molecule has 6 heteroatoms. The Morgan fingerprint density at radius 1 is 1.37 bits per heavy atom. The van der Waals surface area contributed by atoms with Crippen molar-refractivity contribution in [3.05, 3.63) is 23.8 Å². The zero-order valence-electron chi connectivity index (χ0n) is 16.6. The number of piperidine rings is 1. The van der Waals surface area contributed by atoms with Gasteiger partial charge in [-0.2, -0.15) is 0 Å². The summed E-state index contributed by atoms with van der Waals surface area (Å²) in [5, 5.41) is 12.3. The van der Waals surface area contributed by atoms with E-state index in [-0.39, 0.29) is 30.0 Å². The Morgan fingerprint density at radius 3 is 2.78 bits per heavy atom. The Kier molecular flexibility index (Phi) is 4.39. The summed E-state index contributed by atoms with van der Waals surface area (Å²) in [4.78, 5) is 15.3. The van der Waals surface area contributed by atoms with Gasteiger partial charge in [0.05, 0.1) is 23.0 Å². The summed E-state index contributed by atoms with van der Waals surface area (Å²) >= 11 is 0. The standard InChI is InChI=1S/C21H32N4O2/c1-12(2)17(25(23)16-6-4-5-13(3)20(16)22)8-19(26)24-15-7-14-9-21(27,10-15)11-18(14)24/h4-6,12,14-15,17-18,27H,7-11,22-23H2,1-3H3. The van der Waals surface area contributed by atoms with Gasteiger partial charge in [0.2, 0.25) is 5.91 Å². The molecule has 6 nitrogen and oxygen atoms in total. The van der Waals surface area contributed by atoms with Crippen molar-refractivity contribution in [2.75, 3.05) is 10.7 Å². The molecule has 2 aliphatic carbocycles. The largest absolute Gasteiger partial charge is 0.397 e. The highest BCUT2D eigenvalue weighted by Gasteiger charge is 2.60. The summed E-state index contributed by atoms with van der Waals surface area (Å²) in [5.41, 5.74) is 8.15. The van der Waals surface area contributed by atoms with E-state index in [0.717, 1.165) is 36.9 Å². The number of aryl methyl sites for hydroxylation is 1. The predicted molar refractivity (Wildman–Crippen MR) is 107 cm³/mol. The van der Waals surface area contributed by atoms with E-state index in [1.807, 2.05) is 25.1 Å². The predicted octanol–water partition coefficient (Wildman–Crippen LogP) is 2.19. The molecule has 5 rings (SSSR count). The third-order valence-electron chi connectivity index (χ3n) is 7.09. The van der Waals surface area contributed by atoms with Crippen LogP contribution in [-0.2, 0) is 4.79 Å². The number of aliphatic hydroxyl groups is 1. The van der Waals surface area contributed by atoms with E-state index in [2.05, 4.69) is 18.7 Å². The molecule has 148 valence electrons. The van der Waals surface area contributed by atoms with Crippen LogP contribution >= 0.6 is 0 Å². The van der Waals surface area contributed by atoms with Crippen LogP contribution in [-0.4, -0.2) is 39.6 Å². The average Bonchev–Trinajstić information content (AvgIpc) is 2.97. The summed E-state index contributed by atoms with van der Waals surface area (Å²) in [5.74, 6) is 7.31. The van der Waals surface area contributed by atoms with Crippen molar-refractivity contribution in [1.29, 1.82) is 0 Å². The molecule has 5 atom stereocenters. The van der Waals surface area contributed by atoms with Crippen LogP contribution in [0.4, 0.5) is 11.4 Å². The molecular formula is C21H32N4O2. The van der Waals surface area contributed by atoms with Crippen molar-refractivity contribution in [2.45, 2.75) is 76.6 Å². The molecule has 5 N–H and O–H groups in total. The van der Waals surface area contributed by atoms with Crippen molar-refractivity contribution < 1.29 is 9.90 Å². The minimum absolute atomic E-state index is 0.124. The topological polar surface area (TPSA) is 95.8 Å². The number of amides is 1. The molecule has 4 fully saturated rings. The first kappa shape index (κ1) is 18.6. The van der Waals surface area contributed by atoms with E-state index < -0.39 is 5.60 Å². The first-order chi connectivity index (χ1) is 12.7. The zero-order chi connectivity index (χ0) is 19.5. The maximum atomic E-state index is 13.3. The lowest BCUT2D eigenvalue weighted by Crippen LogP contribution is -2.53. The number of hydrogen-bond acceptors (Lipinski definition) is 5. The molecule has 1 amide bonds. The van der Waals surface area contributed by atoms with Gasteiger partial charge in [-0.1, -0.05) is 26.0 Å². The van der Waals surface area contributed by atoms with Crippen LogP contribution in [0.2, 0.25) is 0 Å². The van der Waals surface area contributed by atoms with E-state index in [4.69, 9.17) is 11.6 Å². The highest BCUT2D eigenvalue weighted by Crippen LogP contribution is 2.55. The molecule has 2 saturated heterocycles. The molecule has 0 spiro atoms. The van der Waals surface area contributed by atoms with Crippen LogP contribution in [0.15, 0.2) is 18.2 Å². The first-order valence-corrected chi connectivity index (χ1v) is 10.1. The number of benzene rings is 1. The van der Waals surface area contributed by atoms with Gasteiger partial charge >= 0.3 is 0 Å². The quantitative estimate of drug-likeness (QED) is 0.418. The number of nitrogens with zero attached hydrogens (tertiary/aromatic N) is 2. The number of para-hydroxylation sites is 1. The Balaban J connectivity index is 1.52. The lowest BCUT2D eigenvalue weighted by molar-refractivity contribution is -0.139. The van der Waals surface area contributed by atoms with Crippen molar-refractivity contribution >= 4 is 17.3 Å². The molecule has 2 saturated carbocycles. The summed E-state index contributed by atoms with van der Waals surface area (Å²) in [6.07, 6.45) is 3.75. The van der Waals surface area contributed by atoms with Crippen molar-refractivity contribution in [2.24, 2.45) is 17.7 Å². The number of hydrazine groups is 1. The molecule has 0 aromatic heterocycles. The summed E-state index contributed by atoms with van der Waals surface area (Å²) in [6.45, 7) is 6.15. The monoisotopic (exact) mass is 372 g/mol. The third kappa shape index (κ3) is 2.99. The number of nitrogen functional groups attached to an aromatic ring is 1. The van der Waals surface area contributed by atoms with Crippen LogP contribution in [0.1, 0.15) is 51.5 Å². The maximum absolute atomic E-state index is 13.3. The second kappa shape index (κ2) is 6.38. The fourth-order valence-electron chi connectivity index (χ4n) is 5.75. The number of anilines is 2. The van der Waals surface area contributed by atoms with Crippen LogP contribution < -0.4 is 16.6 Å². The fraction of sp³-hybridized carbons (Fsp3) is 0.667. The normalized spacial score (nSPS) is 32.4. The van der Waals surface area contributed by atoms with E-state index in [1.54, 1.807) is 5.01 Å². The molecule has 27 heavy (non-hydrogen) atoms. The van der Waals surface area contributed by atoms with E-state index in [0.29, 0.717) is 18.0 Å². The number of rotatable bonds is 5. The van der Waals surface area contributed by atoms with E-state index in [1.165, 1.54) is 0 Å². The summed E-state index contributed by atoms with van der Waals surface area (Å²) < 4.78 is 0. The molecule has 1 aromatic rings. The second-order valence-electron chi connectivity index (χ2n) is 9.29. The van der Waals surface area contributed by atoms with Crippen molar-refractivity contribution in [1.82, 2.24) is 4.90 Å². The van der Waals surface area contributed by atoms with Gasteiger partial charge in [-0.05, 0) is 56.1 Å². The minimum Gasteiger partial charge on any atom is -0.397 e. The number of carbonyl (C=O) groups excluding carboxylic acids is 1. The van der Waals surface area contributed by atoms with Crippen LogP contribution in [0.5, 0.6) is 0 Å². The Bertz CT molecular complexity index is 748. The second-order valence-corrected chi connectivity index (χ2v) is 9.29. The Morgan fingerprint density at radius 2 is 2.11 bits per heavy atom. The van der Waals surface area contributed by atoms with Gasteiger partial charge in [-0.3, -0.25) is 4.79 Å². The van der Waals surface area contributed by atoms with Crippen LogP contribution in [0.25, 0.3) is 0 Å². The summed E-state index contributed by atoms with van der Waals surface area (Å²) in [7, 11) is 0. The fourth-order valence-corrected chi connectivity index (χ4v) is 5.75. The van der Waals surface area contributed by atoms with Crippen molar-refractivity contribution in [3.8, 4) is 0 Å². The summed E-state index contributed by atoms with van der Waals surface area (Å²) in [6, 6.07) is 6.11. The van der Waals surface area contributed by atoms with Gasteiger partial charge in [0.25, 0.3) is 0 Å². The lowest BCUT2D eigenvalue weighted by Gasteiger charge is -2.42. The third-order valence-corrected chi connectivity index (χ3v) is 7.09. The molecule has 0 radical (unpaired) electrons. The molecule has 1 aromatic carbocycles. The van der Waals surface area contributed by atoms with Gasteiger partial charge in [-0.15, -0.1) is 0 Å². The molecule has 2 aliphatic heterocycles. The lowest BCUT2D eigenvalue weighted by atomic mass is 9.83. The number of hydrogen-bond donors (Lipinski definition) is 3. The molecule has 4 aliphatic rings. The molecule has 4 bridgehead atoms. The van der Waals surface area contributed by atoms with Gasteiger partial charge in [0.1, 0.15) is 0 Å². The number of carbonyl (C=O) groups is 1. The van der Waals surface area contributed by atoms with Crippen molar-refractivity contribution in [3.63, 3.8) is 0 Å². The van der Waals surface area contributed by atoms with Gasteiger partial charge < -0.3 is 20.7 Å².